The van der Waals surface area contributed by atoms with Crippen LogP contribution in [0.15, 0.2) is 75.9 Å². The van der Waals surface area contributed by atoms with E-state index in [1.54, 1.807) is 32.2 Å². The van der Waals surface area contributed by atoms with Crippen molar-refractivity contribution in [1.82, 2.24) is 4.58 Å². The molecular weight excluding hydrogens is 851 g/mol. The summed E-state index contributed by atoms with van der Waals surface area (Å²) in [5, 5.41) is 9.81. The van der Waals surface area contributed by atoms with E-state index in [2.05, 4.69) is 0 Å². The summed E-state index contributed by atoms with van der Waals surface area (Å²) >= 11 is 0. The van der Waals surface area contributed by atoms with E-state index in [0.29, 0.717) is 80.2 Å². The molecule has 0 radical (unpaired) electrons. The SMILES string of the molecule is COCCOCC[N+](CCCS(=O)(=O)[O-])=c1ccc2c(/C=C/C=C3/N(CCCCCC(=O)O)c4ccc(S(=O)(=O)[O-])cc4C3(C)CCCS(=O)(=O)[O-])ccoc-2c1.[Na+].[Na+]. The summed E-state index contributed by atoms with van der Waals surface area (Å²) in [5.41, 5.74) is 2.19. The summed E-state index contributed by atoms with van der Waals surface area (Å²) in [6.07, 6.45) is 8.72. The maximum absolute atomic E-state index is 12.1. The molecule has 1 aromatic carbocycles. The molecule has 21 heteroatoms. The van der Waals surface area contributed by atoms with Gasteiger partial charge in [0.15, 0.2) is 6.54 Å². The molecule has 1 unspecified atom stereocenters. The van der Waals surface area contributed by atoms with Gasteiger partial charge in [-0.25, -0.2) is 29.8 Å². The van der Waals surface area contributed by atoms with Gasteiger partial charge in [0.25, 0.3) is 0 Å². The Morgan fingerprint density at radius 3 is 2.25 bits per heavy atom. The molecule has 0 amide bonds. The zero-order chi connectivity index (χ0) is 41.9. The number of carboxylic acid groups (broad SMARTS) is 1. The molecule has 16 nitrogen and oxygen atoms in total. The van der Waals surface area contributed by atoms with Crippen molar-refractivity contribution in [1.29, 1.82) is 0 Å². The number of allylic oxidation sites excluding steroid dienone is 3. The van der Waals surface area contributed by atoms with Crippen molar-refractivity contribution in [3.8, 4) is 11.3 Å². The summed E-state index contributed by atoms with van der Waals surface area (Å²) in [7, 11) is -12.2. The summed E-state index contributed by atoms with van der Waals surface area (Å²) in [4.78, 5) is 12.6. The van der Waals surface area contributed by atoms with Gasteiger partial charge in [-0.15, -0.1) is 0 Å². The third-order valence-corrected chi connectivity index (χ3v) is 12.1. The van der Waals surface area contributed by atoms with E-state index in [-0.39, 0.29) is 91.3 Å². The van der Waals surface area contributed by atoms with E-state index in [4.69, 9.17) is 19.0 Å². The average Bonchev–Trinajstić information content (AvgIpc) is 3.35. The Kier molecular flexibility index (Phi) is 21.7. The van der Waals surface area contributed by atoms with Crippen molar-refractivity contribution < 1.29 is 122 Å². The van der Waals surface area contributed by atoms with Gasteiger partial charge in [0, 0.05) is 66.4 Å². The normalized spacial score (nSPS) is 16.9. The molecule has 2 aliphatic heterocycles. The van der Waals surface area contributed by atoms with Gasteiger partial charge in [-0.05, 0) is 80.1 Å². The van der Waals surface area contributed by atoms with Gasteiger partial charge in [0.1, 0.15) is 29.0 Å². The van der Waals surface area contributed by atoms with E-state index >= 15 is 0 Å². The fourth-order valence-electron chi connectivity index (χ4n) is 6.94. The molecule has 0 fully saturated rings. The molecular formula is C38H48N2Na2O14S3. The maximum Gasteiger partial charge on any atom is 1.00 e. The van der Waals surface area contributed by atoms with Gasteiger partial charge in [0.05, 0.1) is 50.7 Å². The molecule has 1 N–H and O–H groups in total. The molecule has 2 heterocycles. The Labute approximate surface area is 390 Å². The Balaban J connectivity index is 0.00000600. The molecule has 3 aliphatic rings. The number of methoxy groups -OCH3 is 1. The second-order valence-corrected chi connectivity index (χ2v) is 18.3. The van der Waals surface area contributed by atoms with Gasteiger partial charge in [-0.1, -0.05) is 18.6 Å². The van der Waals surface area contributed by atoms with Crippen molar-refractivity contribution >= 4 is 48.1 Å². The van der Waals surface area contributed by atoms with Gasteiger partial charge in [0.2, 0.25) is 5.36 Å². The van der Waals surface area contributed by atoms with Crippen LogP contribution in [-0.4, -0.2) is 108 Å². The first-order chi connectivity index (χ1) is 26.8. The Morgan fingerprint density at radius 2 is 1.59 bits per heavy atom. The summed E-state index contributed by atoms with van der Waals surface area (Å²) in [6, 6.07) is 11.3. The molecule has 1 aromatic rings. The van der Waals surface area contributed by atoms with Crippen molar-refractivity contribution in [2.75, 3.05) is 63.0 Å². The van der Waals surface area contributed by atoms with Crippen LogP contribution in [0.1, 0.15) is 63.0 Å². The van der Waals surface area contributed by atoms with Gasteiger partial charge >= 0.3 is 65.1 Å². The summed E-state index contributed by atoms with van der Waals surface area (Å²) in [5.74, 6) is -1.56. The molecule has 0 saturated carbocycles. The minimum atomic E-state index is -4.85. The van der Waals surface area contributed by atoms with Crippen LogP contribution in [0.25, 0.3) is 17.4 Å². The molecule has 1 aliphatic carbocycles. The number of hydrogen-bond donors (Lipinski definition) is 1. The fraction of sp³-hybridized carbons (Fsp3) is 0.474. The Bertz CT molecular complexity index is 2310. The zero-order valence-corrected chi connectivity index (χ0v) is 40.3. The van der Waals surface area contributed by atoms with Crippen molar-refractivity contribution in [3.05, 3.63) is 83.1 Å². The van der Waals surface area contributed by atoms with Crippen LogP contribution in [0, 0.1) is 0 Å². The standard InChI is InChI=1S/C38H50N2O14S3.2Na/c1-38(17-7-25-55(43,44)45)33-28-31(57(49,50)51)13-15-34(33)40(19-5-3-4-11-37(41)42)36(38)10-6-9-29-16-21-54-35-27-30(12-14-32(29)35)39(18-8-26-56(46,47)48)20-22-53-24-23-52-2;;/h6,9-10,12-16,21,27-28H,3-5,7-8,11,17-20,22-26H2,1-2H3,(H3-,41,42,43,44,45,46,47,48,49,50,51);;/q;2*+1/p-2. The van der Waals surface area contributed by atoms with Gasteiger partial charge < -0.3 is 37.6 Å². The molecule has 0 bridgehead atoms. The number of hydrogen-bond acceptors (Lipinski definition) is 14. The quantitative estimate of drug-likeness (QED) is 0.0441. The van der Waals surface area contributed by atoms with Crippen LogP contribution in [0.2, 0.25) is 0 Å². The van der Waals surface area contributed by atoms with E-state index in [0.717, 1.165) is 11.1 Å². The second kappa shape index (κ2) is 24.0. The number of fused-ring (bicyclic) bond motifs is 2. The van der Waals surface area contributed by atoms with Crippen LogP contribution in [0.4, 0.5) is 5.69 Å². The summed E-state index contributed by atoms with van der Waals surface area (Å²) in [6.45, 7) is 3.98. The molecule has 0 aromatic heterocycles. The van der Waals surface area contributed by atoms with Crippen LogP contribution in [0.5, 0.6) is 0 Å². The van der Waals surface area contributed by atoms with Crippen LogP contribution in [0.3, 0.4) is 0 Å². The van der Waals surface area contributed by atoms with Crippen LogP contribution >= 0.6 is 0 Å². The first-order valence-electron chi connectivity index (χ1n) is 18.3. The Morgan fingerprint density at radius 1 is 0.881 bits per heavy atom. The second-order valence-electron chi connectivity index (χ2n) is 13.9. The first kappa shape index (κ1) is 53.2. The van der Waals surface area contributed by atoms with Crippen molar-refractivity contribution in [2.45, 2.75) is 62.2 Å². The number of carboxylic acids is 1. The third kappa shape index (κ3) is 16.4. The number of carbonyl (C=O) groups is 1. The topological polar surface area (TPSA) is 247 Å². The summed E-state index contributed by atoms with van der Waals surface area (Å²) < 4.78 is 123. The van der Waals surface area contributed by atoms with Crippen molar-refractivity contribution in [3.63, 3.8) is 0 Å². The molecule has 0 saturated heterocycles. The van der Waals surface area contributed by atoms with E-state index in [1.807, 2.05) is 33.8 Å². The first-order valence-corrected chi connectivity index (χ1v) is 22.9. The maximum atomic E-state index is 12.1. The van der Waals surface area contributed by atoms with Crippen molar-refractivity contribution in [2.24, 2.45) is 0 Å². The van der Waals surface area contributed by atoms with E-state index in [1.165, 1.54) is 24.5 Å². The molecule has 314 valence electrons. The van der Waals surface area contributed by atoms with Gasteiger partial charge in [-0.2, -0.15) is 0 Å². The number of anilines is 1. The molecule has 59 heavy (non-hydrogen) atoms. The number of ether oxygens (including phenoxy) is 2. The monoisotopic (exact) mass is 898 g/mol. The minimum absolute atomic E-state index is 0. The predicted octanol–water partition coefficient (Wildman–Crippen LogP) is -2.69. The number of unbranched alkanes of at least 4 members (excludes halogenated alkanes) is 2. The van der Waals surface area contributed by atoms with Crippen LogP contribution in [-0.2, 0) is 50.0 Å². The average molecular weight is 899 g/mol. The third-order valence-electron chi connectivity index (χ3n) is 9.72. The number of rotatable bonds is 23. The zero-order valence-electron chi connectivity index (χ0n) is 33.8. The van der Waals surface area contributed by atoms with E-state index < -0.39 is 58.1 Å². The molecule has 0 spiro atoms. The number of nitrogens with zero attached hydrogens (tertiary/aromatic N) is 2. The smallest absolute Gasteiger partial charge is 0.748 e. The Hall–Kier alpha value is -1.95. The number of benzene rings is 2. The number of aliphatic carboxylic acids is 1. The fourth-order valence-corrected chi connectivity index (χ4v) is 8.42. The predicted molar refractivity (Wildman–Crippen MR) is 208 cm³/mol. The largest absolute Gasteiger partial charge is 1.00 e. The van der Waals surface area contributed by atoms with E-state index in [9.17, 15) is 43.7 Å². The molecule has 1 atom stereocenters. The molecule has 4 rings (SSSR count). The minimum Gasteiger partial charge on any atom is -0.748 e. The van der Waals surface area contributed by atoms with Gasteiger partial charge in [-0.3, -0.25) is 4.79 Å². The van der Waals surface area contributed by atoms with Crippen LogP contribution < -0.4 is 73.9 Å².